The van der Waals surface area contributed by atoms with Gasteiger partial charge in [-0.3, -0.25) is 0 Å². The molecule has 0 bridgehead atoms. The second-order valence-corrected chi connectivity index (χ2v) is 3.55. The predicted molar refractivity (Wildman–Crippen MR) is 57.1 cm³/mol. The molecule has 3 rings (SSSR count). The first-order valence-electron chi connectivity index (χ1n) is 4.96. The van der Waals surface area contributed by atoms with E-state index in [4.69, 9.17) is 4.74 Å². The Morgan fingerprint density at radius 3 is 3.07 bits per heavy atom. The van der Waals surface area contributed by atoms with Crippen molar-refractivity contribution in [3.63, 3.8) is 0 Å². The highest BCUT2D eigenvalue weighted by Crippen LogP contribution is 2.29. The lowest BCUT2D eigenvalue weighted by molar-refractivity contribution is 0.391. The average molecular weight is 198 g/mol. The van der Waals surface area contributed by atoms with E-state index in [1.807, 2.05) is 6.08 Å². The first-order valence-corrected chi connectivity index (χ1v) is 4.96. The van der Waals surface area contributed by atoms with Gasteiger partial charge in [-0.05, 0) is 18.1 Å². The number of allylic oxidation sites excluding steroid dienone is 4. The van der Waals surface area contributed by atoms with Gasteiger partial charge in [0.25, 0.3) is 0 Å². The summed E-state index contributed by atoms with van der Waals surface area (Å²) < 4.78 is 5.78. The van der Waals surface area contributed by atoms with Crippen LogP contribution >= 0.6 is 0 Å². The molecule has 0 saturated heterocycles. The van der Waals surface area contributed by atoms with Crippen molar-refractivity contribution in [3.8, 4) is 5.88 Å². The van der Waals surface area contributed by atoms with E-state index in [9.17, 15) is 0 Å². The monoisotopic (exact) mass is 198 g/mol. The van der Waals surface area contributed by atoms with Crippen molar-refractivity contribution in [1.29, 1.82) is 0 Å². The van der Waals surface area contributed by atoms with Crippen LogP contribution in [0, 0.1) is 0 Å². The molecule has 0 amide bonds. The van der Waals surface area contributed by atoms with Crippen LogP contribution in [0.25, 0.3) is 6.08 Å². The van der Waals surface area contributed by atoms with Gasteiger partial charge in [0.05, 0.1) is 5.56 Å². The van der Waals surface area contributed by atoms with Crippen LogP contribution in [0.3, 0.4) is 0 Å². The standard InChI is InChI=1S/C12H10N2O/c1-2-4-11-9(3-1)5-6-10-7-13-8-14-12(10)15-11/h1-2,5-8H,3-4H2. The van der Waals surface area contributed by atoms with Crippen molar-refractivity contribution in [2.45, 2.75) is 12.8 Å². The highest BCUT2D eigenvalue weighted by molar-refractivity contribution is 5.59. The summed E-state index contributed by atoms with van der Waals surface area (Å²) in [5.41, 5.74) is 2.17. The summed E-state index contributed by atoms with van der Waals surface area (Å²) in [4.78, 5) is 8.11. The van der Waals surface area contributed by atoms with Gasteiger partial charge in [-0.2, -0.15) is 0 Å². The van der Waals surface area contributed by atoms with Crippen LogP contribution in [0.1, 0.15) is 18.4 Å². The van der Waals surface area contributed by atoms with E-state index in [0.29, 0.717) is 5.88 Å². The molecule has 15 heavy (non-hydrogen) atoms. The van der Waals surface area contributed by atoms with Gasteiger partial charge < -0.3 is 4.74 Å². The Balaban J connectivity index is 2.06. The third kappa shape index (κ3) is 1.46. The number of hydrogen-bond donors (Lipinski definition) is 0. The molecule has 2 heterocycles. The number of fused-ring (bicyclic) bond motifs is 1. The topological polar surface area (TPSA) is 35.0 Å². The van der Waals surface area contributed by atoms with Crippen molar-refractivity contribution in [2.24, 2.45) is 0 Å². The molecule has 1 aromatic rings. The normalized spacial score (nSPS) is 17.9. The van der Waals surface area contributed by atoms with Crippen LogP contribution in [0.15, 0.2) is 42.1 Å². The van der Waals surface area contributed by atoms with Crippen LogP contribution in [0.2, 0.25) is 0 Å². The third-order valence-corrected chi connectivity index (χ3v) is 2.55. The molecule has 2 aliphatic rings. The van der Waals surface area contributed by atoms with E-state index in [1.165, 1.54) is 11.9 Å². The van der Waals surface area contributed by atoms with Gasteiger partial charge in [-0.25, -0.2) is 9.97 Å². The summed E-state index contributed by atoms with van der Waals surface area (Å²) in [6.45, 7) is 0. The Morgan fingerprint density at radius 2 is 2.07 bits per heavy atom. The molecule has 0 aromatic carbocycles. The maximum Gasteiger partial charge on any atom is 0.229 e. The molecule has 0 N–H and O–H groups in total. The summed E-state index contributed by atoms with van der Waals surface area (Å²) in [6, 6.07) is 0. The van der Waals surface area contributed by atoms with Crippen LogP contribution in [-0.2, 0) is 0 Å². The van der Waals surface area contributed by atoms with Gasteiger partial charge in [-0.15, -0.1) is 0 Å². The van der Waals surface area contributed by atoms with E-state index in [0.717, 1.165) is 24.2 Å². The summed E-state index contributed by atoms with van der Waals surface area (Å²) in [7, 11) is 0. The van der Waals surface area contributed by atoms with Crippen molar-refractivity contribution in [1.82, 2.24) is 9.97 Å². The summed E-state index contributed by atoms with van der Waals surface area (Å²) >= 11 is 0. The van der Waals surface area contributed by atoms with Crippen molar-refractivity contribution in [3.05, 3.63) is 47.6 Å². The second-order valence-electron chi connectivity index (χ2n) is 3.55. The summed E-state index contributed by atoms with van der Waals surface area (Å²) in [5.74, 6) is 1.66. The van der Waals surface area contributed by atoms with E-state index in [1.54, 1.807) is 6.20 Å². The van der Waals surface area contributed by atoms with E-state index in [2.05, 4.69) is 28.2 Å². The molecule has 3 heteroatoms. The highest BCUT2D eigenvalue weighted by Gasteiger charge is 2.14. The van der Waals surface area contributed by atoms with E-state index >= 15 is 0 Å². The molecule has 0 spiro atoms. The van der Waals surface area contributed by atoms with Gasteiger partial charge in [0.1, 0.15) is 12.1 Å². The minimum atomic E-state index is 0.654. The average Bonchev–Trinajstić information content (AvgIpc) is 2.48. The first-order chi connectivity index (χ1) is 7.43. The Labute approximate surface area is 87.8 Å². The predicted octanol–water partition coefficient (Wildman–Crippen LogP) is 2.49. The van der Waals surface area contributed by atoms with Crippen LogP contribution in [0.4, 0.5) is 0 Å². The van der Waals surface area contributed by atoms with E-state index in [-0.39, 0.29) is 0 Å². The molecule has 0 atom stereocenters. The number of ether oxygens (including phenoxy) is 1. The minimum absolute atomic E-state index is 0.654. The Kier molecular flexibility index (Phi) is 1.88. The number of hydrogen-bond acceptors (Lipinski definition) is 3. The van der Waals surface area contributed by atoms with Crippen LogP contribution < -0.4 is 4.74 Å². The molecule has 1 aliphatic carbocycles. The van der Waals surface area contributed by atoms with Crippen LogP contribution in [-0.4, -0.2) is 9.97 Å². The highest BCUT2D eigenvalue weighted by atomic mass is 16.5. The third-order valence-electron chi connectivity index (χ3n) is 2.55. The Bertz CT molecular complexity index is 486. The fourth-order valence-electron chi connectivity index (χ4n) is 1.75. The van der Waals surface area contributed by atoms with Gasteiger partial charge in [-0.1, -0.05) is 18.2 Å². The number of nitrogens with zero attached hydrogens (tertiary/aromatic N) is 2. The molecular weight excluding hydrogens is 188 g/mol. The molecule has 1 aromatic heterocycles. The molecule has 1 aliphatic heterocycles. The van der Waals surface area contributed by atoms with Crippen molar-refractivity contribution < 1.29 is 4.74 Å². The first kappa shape index (κ1) is 8.41. The number of rotatable bonds is 0. The van der Waals surface area contributed by atoms with Crippen molar-refractivity contribution in [2.75, 3.05) is 0 Å². The zero-order valence-corrected chi connectivity index (χ0v) is 8.18. The van der Waals surface area contributed by atoms with Gasteiger partial charge >= 0.3 is 0 Å². The lowest BCUT2D eigenvalue weighted by Gasteiger charge is -2.12. The second kappa shape index (κ2) is 3.35. The number of aromatic nitrogens is 2. The molecule has 74 valence electrons. The van der Waals surface area contributed by atoms with E-state index < -0.39 is 0 Å². The van der Waals surface area contributed by atoms with Crippen molar-refractivity contribution >= 4 is 6.08 Å². The molecule has 0 radical (unpaired) electrons. The largest absolute Gasteiger partial charge is 0.442 e. The zero-order chi connectivity index (χ0) is 10.1. The minimum Gasteiger partial charge on any atom is -0.442 e. The molecule has 3 nitrogen and oxygen atoms in total. The molecule has 0 saturated carbocycles. The molecule has 0 fully saturated rings. The molecular formula is C12H10N2O. The van der Waals surface area contributed by atoms with Gasteiger partial charge in [0, 0.05) is 12.6 Å². The Hall–Kier alpha value is -1.90. The summed E-state index contributed by atoms with van der Waals surface area (Å²) in [6.07, 6.45) is 13.5. The fourth-order valence-corrected chi connectivity index (χ4v) is 1.75. The smallest absolute Gasteiger partial charge is 0.229 e. The molecule has 0 unspecified atom stereocenters. The maximum absolute atomic E-state index is 5.78. The summed E-state index contributed by atoms with van der Waals surface area (Å²) in [5, 5.41) is 0. The lowest BCUT2D eigenvalue weighted by atomic mass is 10.0. The van der Waals surface area contributed by atoms with Gasteiger partial charge in [0.15, 0.2) is 0 Å². The Morgan fingerprint density at radius 1 is 1.13 bits per heavy atom. The lowest BCUT2D eigenvalue weighted by Crippen LogP contribution is -2.02. The fraction of sp³-hybridized carbons (Fsp3) is 0.167. The quantitative estimate of drug-likeness (QED) is 0.601. The van der Waals surface area contributed by atoms with Crippen LogP contribution in [0.5, 0.6) is 5.88 Å². The SMILES string of the molecule is C1=CCC2=C(C=Cc3cncnc3O2)C1. The zero-order valence-electron chi connectivity index (χ0n) is 8.18. The van der Waals surface area contributed by atoms with Gasteiger partial charge in [0.2, 0.25) is 5.88 Å². The maximum atomic E-state index is 5.78.